The van der Waals surface area contributed by atoms with Crippen LogP contribution < -0.4 is 16.0 Å². The minimum atomic E-state index is -4.45. The number of aryl methyl sites for hydroxylation is 1. The summed E-state index contributed by atoms with van der Waals surface area (Å²) in [5.41, 5.74) is 3.33. The highest BCUT2D eigenvalue weighted by Gasteiger charge is 2.30. The Morgan fingerprint density at radius 1 is 0.841 bits per heavy atom. The van der Waals surface area contributed by atoms with E-state index >= 15 is 0 Å². The maximum absolute atomic E-state index is 13.3. The fraction of sp³-hybridized carbons (Fsp3) is 0.229. The number of unbranched alkanes of at least 4 members (excludes halogenated alkanes) is 1. The van der Waals surface area contributed by atoms with Crippen LogP contribution in [0.4, 0.5) is 18.9 Å². The molecular formula is C35H34F3N3O3. The summed E-state index contributed by atoms with van der Waals surface area (Å²) < 4.78 is 39.0. The van der Waals surface area contributed by atoms with Crippen LogP contribution in [0.1, 0.15) is 64.8 Å². The van der Waals surface area contributed by atoms with Gasteiger partial charge >= 0.3 is 6.18 Å². The van der Waals surface area contributed by atoms with E-state index in [1.165, 1.54) is 12.1 Å². The lowest BCUT2D eigenvalue weighted by atomic mass is 9.98. The van der Waals surface area contributed by atoms with Crippen LogP contribution in [-0.2, 0) is 22.3 Å². The minimum absolute atomic E-state index is 0.188. The Morgan fingerprint density at radius 3 is 2.18 bits per heavy atom. The first kappa shape index (κ1) is 32.0. The van der Waals surface area contributed by atoms with Gasteiger partial charge in [0.1, 0.15) is 6.04 Å². The van der Waals surface area contributed by atoms with Gasteiger partial charge in [-0.2, -0.15) is 13.2 Å². The van der Waals surface area contributed by atoms with Crippen LogP contribution in [-0.4, -0.2) is 17.7 Å². The molecule has 0 saturated heterocycles. The van der Waals surface area contributed by atoms with E-state index in [9.17, 15) is 27.6 Å². The predicted molar refractivity (Wildman–Crippen MR) is 165 cm³/mol. The lowest BCUT2D eigenvalue weighted by Gasteiger charge is -2.19. The summed E-state index contributed by atoms with van der Waals surface area (Å²) in [4.78, 5) is 38.8. The van der Waals surface area contributed by atoms with E-state index in [1.54, 1.807) is 48.5 Å². The average molecular weight is 602 g/mol. The average Bonchev–Trinajstić information content (AvgIpc) is 3.02. The number of anilines is 1. The molecule has 44 heavy (non-hydrogen) atoms. The Labute approximate surface area is 254 Å². The summed E-state index contributed by atoms with van der Waals surface area (Å²) in [7, 11) is 0. The number of carbonyl (C=O) groups excluding carboxylic acids is 3. The number of hydrogen-bond donors (Lipinski definition) is 3. The third-order valence-corrected chi connectivity index (χ3v) is 7.16. The fourth-order valence-electron chi connectivity index (χ4n) is 4.74. The Kier molecular flexibility index (Phi) is 10.6. The molecule has 0 aromatic heterocycles. The Morgan fingerprint density at radius 2 is 1.52 bits per heavy atom. The molecule has 0 saturated carbocycles. The van der Waals surface area contributed by atoms with Gasteiger partial charge in [0.25, 0.3) is 5.91 Å². The first-order chi connectivity index (χ1) is 21.1. The smallest absolute Gasteiger partial charge is 0.350 e. The highest BCUT2D eigenvalue weighted by atomic mass is 19.4. The van der Waals surface area contributed by atoms with Crippen LogP contribution in [0, 0.1) is 6.92 Å². The first-order valence-corrected chi connectivity index (χ1v) is 14.4. The van der Waals surface area contributed by atoms with E-state index in [4.69, 9.17) is 0 Å². The molecule has 9 heteroatoms. The van der Waals surface area contributed by atoms with E-state index in [0.29, 0.717) is 34.4 Å². The first-order valence-electron chi connectivity index (χ1n) is 14.4. The van der Waals surface area contributed by atoms with Crippen molar-refractivity contribution in [1.82, 2.24) is 10.6 Å². The number of rotatable bonds is 11. The van der Waals surface area contributed by atoms with E-state index in [-0.39, 0.29) is 18.4 Å². The lowest BCUT2D eigenvalue weighted by molar-refractivity contribution is -0.137. The van der Waals surface area contributed by atoms with Crippen LogP contribution in [0.25, 0.3) is 11.1 Å². The van der Waals surface area contributed by atoms with Crippen LogP contribution >= 0.6 is 0 Å². The van der Waals surface area contributed by atoms with Crippen molar-refractivity contribution in [2.75, 3.05) is 5.32 Å². The van der Waals surface area contributed by atoms with Crippen LogP contribution in [0.3, 0.4) is 0 Å². The SMILES string of the molecule is CCCCC(=O)NC(C(=O)NCc1ccc(NC(=O)c2ccccc2-c2ccc(C(F)(F)F)cc2)c(C)c1)c1ccccc1. The zero-order valence-electron chi connectivity index (χ0n) is 24.5. The third-order valence-electron chi connectivity index (χ3n) is 7.16. The summed E-state index contributed by atoms with van der Waals surface area (Å²) in [6.07, 6.45) is -2.50. The molecule has 0 fully saturated rings. The van der Waals surface area contributed by atoms with Crippen molar-refractivity contribution >= 4 is 23.4 Å². The van der Waals surface area contributed by atoms with Gasteiger partial charge < -0.3 is 16.0 Å². The van der Waals surface area contributed by atoms with Gasteiger partial charge in [-0.15, -0.1) is 0 Å². The maximum atomic E-state index is 13.3. The zero-order valence-corrected chi connectivity index (χ0v) is 24.5. The Bertz CT molecular complexity index is 1600. The number of halogens is 3. The Balaban J connectivity index is 1.43. The molecule has 0 spiro atoms. The molecule has 0 aliphatic heterocycles. The monoisotopic (exact) mass is 601 g/mol. The molecule has 0 aliphatic rings. The molecule has 4 aromatic carbocycles. The fourth-order valence-corrected chi connectivity index (χ4v) is 4.74. The van der Waals surface area contributed by atoms with Crippen molar-refractivity contribution in [2.45, 2.75) is 51.9 Å². The molecule has 3 amide bonds. The summed E-state index contributed by atoms with van der Waals surface area (Å²) in [5.74, 6) is -0.934. The van der Waals surface area contributed by atoms with Crippen LogP contribution in [0.15, 0.2) is 97.1 Å². The van der Waals surface area contributed by atoms with Gasteiger partial charge in [0.15, 0.2) is 0 Å². The number of amides is 3. The molecule has 1 unspecified atom stereocenters. The van der Waals surface area contributed by atoms with Crippen LogP contribution in [0.5, 0.6) is 0 Å². The largest absolute Gasteiger partial charge is 0.416 e. The molecule has 4 aromatic rings. The molecule has 1 atom stereocenters. The normalized spacial score (nSPS) is 11.8. The van der Waals surface area contributed by atoms with Crippen molar-refractivity contribution in [3.63, 3.8) is 0 Å². The molecule has 0 radical (unpaired) electrons. The molecule has 6 nitrogen and oxygen atoms in total. The van der Waals surface area contributed by atoms with Gasteiger partial charge in [-0.1, -0.05) is 86.1 Å². The van der Waals surface area contributed by atoms with E-state index in [0.717, 1.165) is 36.1 Å². The second kappa shape index (κ2) is 14.5. The second-order valence-electron chi connectivity index (χ2n) is 10.5. The van der Waals surface area contributed by atoms with E-state index in [2.05, 4.69) is 16.0 Å². The molecule has 228 valence electrons. The number of nitrogens with one attached hydrogen (secondary N) is 3. The predicted octanol–water partition coefficient (Wildman–Crippen LogP) is 7.60. The number of hydrogen-bond acceptors (Lipinski definition) is 3. The molecule has 3 N–H and O–H groups in total. The van der Waals surface area contributed by atoms with Crippen molar-refractivity contribution in [2.24, 2.45) is 0 Å². The highest BCUT2D eigenvalue weighted by molar-refractivity contribution is 6.09. The third kappa shape index (κ3) is 8.34. The zero-order chi connectivity index (χ0) is 31.7. The highest BCUT2D eigenvalue weighted by Crippen LogP contribution is 2.32. The lowest BCUT2D eigenvalue weighted by Crippen LogP contribution is -2.40. The van der Waals surface area contributed by atoms with Gasteiger partial charge in [0, 0.05) is 24.2 Å². The Hall–Kier alpha value is -4.92. The van der Waals surface area contributed by atoms with Crippen molar-refractivity contribution in [3.8, 4) is 11.1 Å². The van der Waals surface area contributed by atoms with E-state index < -0.39 is 23.7 Å². The van der Waals surface area contributed by atoms with Crippen LogP contribution in [0.2, 0.25) is 0 Å². The molecule has 0 heterocycles. The summed E-state index contributed by atoms with van der Waals surface area (Å²) in [6, 6.07) is 25.0. The topological polar surface area (TPSA) is 87.3 Å². The number of benzene rings is 4. The molecular weight excluding hydrogens is 567 g/mol. The van der Waals surface area contributed by atoms with Crippen molar-refractivity contribution < 1.29 is 27.6 Å². The van der Waals surface area contributed by atoms with Gasteiger partial charge in [-0.3, -0.25) is 14.4 Å². The second-order valence-corrected chi connectivity index (χ2v) is 10.5. The molecule has 4 rings (SSSR count). The molecule has 0 bridgehead atoms. The van der Waals surface area contributed by atoms with Gasteiger partial charge in [-0.25, -0.2) is 0 Å². The van der Waals surface area contributed by atoms with Crippen molar-refractivity contribution in [3.05, 3.63) is 125 Å². The minimum Gasteiger partial charge on any atom is -0.350 e. The molecule has 0 aliphatic carbocycles. The van der Waals surface area contributed by atoms with Gasteiger partial charge in [0.05, 0.1) is 5.56 Å². The number of carbonyl (C=O) groups is 3. The summed E-state index contributed by atoms with van der Waals surface area (Å²) >= 11 is 0. The number of alkyl halides is 3. The summed E-state index contributed by atoms with van der Waals surface area (Å²) in [6.45, 7) is 4.03. The van der Waals surface area contributed by atoms with Crippen molar-refractivity contribution in [1.29, 1.82) is 0 Å². The standard InChI is InChI=1S/C35H34F3N3O3/c1-3-4-14-31(42)41-32(26-10-6-5-7-11-26)34(44)39-22-24-15-20-30(23(2)21-24)40-33(43)29-13-9-8-12-28(29)25-16-18-27(19-17-25)35(36,37)38/h5-13,15-21,32H,3-4,14,22H2,1-2H3,(H,39,44)(H,40,43)(H,41,42). The quantitative estimate of drug-likeness (QED) is 0.166. The maximum Gasteiger partial charge on any atom is 0.416 e. The van der Waals surface area contributed by atoms with Gasteiger partial charge in [0.2, 0.25) is 11.8 Å². The summed E-state index contributed by atoms with van der Waals surface area (Å²) in [5, 5.41) is 8.63. The van der Waals surface area contributed by atoms with E-state index in [1.807, 2.05) is 38.1 Å². The van der Waals surface area contributed by atoms with Gasteiger partial charge in [-0.05, 0) is 65.4 Å².